The normalized spacial score (nSPS) is 12.8. The van der Waals surface area contributed by atoms with Crippen molar-refractivity contribution < 1.29 is 48.6 Å². The van der Waals surface area contributed by atoms with Crippen molar-refractivity contribution in [2.45, 2.75) is 24.2 Å². The monoisotopic (exact) mass is 618 g/mol. The van der Waals surface area contributed by atoms with Crippen LogP contribution in [0.1, 0.15) is 11.1 Å². The van der Waals surface area contributed by atoms with Gasteiger partial charge in [-0.3, -0.25) is 0 Å². The molecular weight excluding hydrogens is 598 g/mol. The molecule has 4 rings (SSSR count). The number of hydrogen-bond acceptors (Lipinski definition) is 5. The lowest BCUT2D eigenvalue weighted by atomic mass is 9.96. The molecule has 15 heteroatoms. The summed E-state index contributed by atoms with van der Waals surface area (Å²) in [7, 11) is 0. The molecule has 43 heavy (non-hydrogen) atoms. The average molecular weight is 618 g/mol. The number of alkyl halides is 10. The van der Waals surface area contributed by atoms with E-state index in [1.807, 2.05) is 0 Å². The van der Waals surface area contributed by atoms with E-state index in [-0.39, 0.29) is 22.6 Å². The summed E-state index contributed by atoms with van der Waals surface area (Å²) in [6, 6.07) is 13.5. The van der Waals surface area contributed by atoms with Gasteiger partial charge in [0.1, 0.15) is 11.5 Å². The molecule has 0 atom stereocenters. The Bertz CT molecular complexity index is 1480. The Balaban J connectivity index is 1.54. The quantitative estimate of drug-likeness (QED) is 0.128. The van der Waals surface area contributed by atoms with Gasteiger partial charge in [-0.1, -0.05) is 24.3 Å². The fraction of sp³-hybridized carbons (Fsp3) is 0.143. The second-order valence-corrected chi connectivity index (χ2v) is 9.35. The molecule has 0 fully saturated rings. The molecule has 0 bridgehead atoms. The number of ether oxygens (including phenoxy) is 1. The van der Waals surface area contributed by atoms with Crippen molar-refractivity contribution in [3.63, 3.8) is 0 Å². The maximum Gasteiger partial charge on any atom is 0.458 e. The molecule has 0 amide bonds. The fourth-order valence-electron chi connectivity index (χ4n) is 4.25. The van der Waals surface area contributed by atoms with Crippen LogP contribution in [0.25, 0.3) is 22.3 Å². The minimum absolute atomic E-state index is 0.0341. The molecule has 4 aromatic rings. The molecule has 0 aliphatic carbocycles. The Morgan fingerprint density at radius 1 is 0.419 bits per heavy atom. The molecule has 0 aliphatic heterocycles. The van der Waals surface area contributed by atoms with Crippen LogP contribution in [0.4, 0.5) is 66.7 Å². The van der Waals surface area contributed by atoms with Crippen molar-refractivity contribution in [2.24, 2.45) is 0 Å². The summed E-state index contributed by atoms with van der Waals surface area (Å²) in [5, 5.41) is 0. The summed E-state index contributed by atoms with van der Waals surface area (Å²) in [5.74, 6) is -9.81. The van der Waals surface area contributed by atoms with E-state index in [1.165, 1.54) is 48.5 Å². The van der Waals surface area contributed by atoms with Gasteiger partial charge >= 0.3 is 24.2 Å². The van der Waals surface area contributed by atoms with Gasteiger partial charge in [0.15, 0.2) is 0 Å². The van der Waals surface area contributed by atoms with Gasteiger partial charge < -0.3 is 27.7 Å². The summed E-state index contributed by atoms with van der Waals surface area (Å²) in [4.78, 5) is 0. The third-order valence-electron chi connectivity index (χ3n) is 6.36. The van der Waals surface area contributed by atoms with Gasteiger partial charge in [0.25, 0.3) is 0 Å². The van der Waals surface area contributed by atoms with E-state index in [0.717, 1.165) is 0 Å². The van der Waals surface area contributed by atoms with Gasteiger partial charge in [-0.15, -0.1) is 0 Å². The summed E-state index contributed by atoms with van der Waals surface area (Å²) >= 11 is 0. The van der Waals surface area contributed by atoms with Crippen LogP contribution in [0, 0.1) is 0 Å². The SMILES string of the molecule is Nc1cc(C(F)(F)C(F)(F)F)cc(N)c1-c1ccc(Oc2ccc(-c3c(N)cc(C(F)(F)C(F)(F)F)cc3N)cc2)cc1. The molecule has 0 aliphatic rings. The first-order valence-corrected chi connectivity index (χ1v) is 11.9. The van der Waals surface area contributed by atoms with Gasteiger partial charge in [-0.2, -0.15) is 43.9 Å². The predicted molar refractivity (Wildman–Crippen MR) is 141 cm³/mol. The molecule has 0 aromatic heterocycles. The molecule has 0 saturated heterocycles. The van der Waals surface area contributed by atoms with E-state index in [4.69, 9.17) is 27.7 Å². The van der Waals surface area contributed by atoms with Crippen LogP contribution in [0.15, 0.2) is 72.8 Å². The molecule has 8 N–H and O–H groups in total. The first kappa shape index (κ1) is 31.1. The van der Waals surface area contributed by atoms with Gasteiger partial charge in [0, 0.05) is 45.0 Å². The molecular formula is C28H20F10N4O. The second-order valence-electron chi connectivity index (χ2n) is 9.35. The molecule has 0 spiro atoms. The highest BCUT2D eigenvalue weighted by atomic mass is 19.4. The van der Waals surface area contributed by atoms with Crippen molar-refractivity contribution in [1.29, 1.82) is 0 Å². The number of nitrogens with two attached hydrogens (primary N) is 4. The van der Waals surface area contributed by atoms with Crippen LogP contribution >= 0.6 is 0 Å². The van der Waals surface area contributed by atoms with Crippen molar-refractivity contribution in [2.75, 3.05) is 22.9 Å². The number of anilines is 4. The van der Waals surface area contributed by atoms with Crippen molar-refractivity contribution >= 4 is 22.7 Å². The molecule has 0 saturated carbocycles. The minimum Gasteiger partial charge on any atom is -0.457 e. The highest BCUT2D eigenvalue weighted by Gasteiger charge is 2.59. The van der Waals surface area contributed by atoms with E-state index in [2.05, 4.69) is 0 Å². The van der Waals surface area contributed by atoms with Crippen LogP contribution in [0.3, 0.4) is 0 Å². The lowest BCUT2D eigenvalue weighted by Crippen LogP contribution is -2.33. The third kappa shape index (κ3) is 5.79. The Kier molecular flexibility index (Phi) is 7.58. The van der Waals surface area contributed by atoms with Crippen molar-refractivity contribution in [3.8, 4) is 33.8 Å². The number of rotatable bonds is 6. The molecule has 5 nitrogen and oxygen atoms in total. The zero-order chi connectivity index (χ0) is 32.1. The lowest BCUT2D eigenvalue weighted by molar-refractivity contribution is -0.289. The highest BCUT2D eigenvalue weighted by Crippen LogP contribution is 2.48. The zero-order valence-electron chi connectivity index (χ0n) is 21.4. The van der Waals surface area contributed by atoms with Gasteiger partial charge in [0.2, 0.25) is 0 Å². The maximum absolute atomic E-state index is 13.7. The fourth-order valence-corrected chi connectivity index (χ4v) is 4.25. The predicted octanol–water partition coefficient (Wildman–Crippen LogP) is 8.45. The summed E-state index contributed by atoms with van der Waals surface area (Å²) in [5.41, 5.74) is 19.3. The zero-order valence-corrected chi connectivity index (χ0v) is 21.4. The number of hydrogen-bond donors (Lipinski definition) is 4. The second kappa shape index (κ2) is 10.5. The van der Waals surface area contributed by atoms with E-state index >= 15 is 0 Å². The molecule has 0 heterocycles. The topological polar surface area (TPSA) is 113 Å². The molecule has 4 aromatic carbocycles. The van der Waals surface area contributed by atoms with Crippen LogP contribution in [-0.2, 0) is 11.8 Å². The Labute approximate surface area is 236 Å². The van der Waals surface area contributed by atoms with E-state index in [1.54, 1.807) is 0 Å². The summed E-state index contributed by atoms with van der Waals surface area (Å²) in [6.45, 7) is 0. The summed E-state index contributed by atoms with van der Waals surface area (Å²) < 4.78 is 137. The van der Waals surface area contributed by atoms with Crippen molar-refractivity contribution in [1.82, 2.24) is 0 Å². The van der Waals surface area contributed by atoms with Crippen molar-refractivity contribution in [3.05, 3.63) is 83.9 Å². The number of halogens is 10. The summed E-state index contributed by atoms with van der Waals surface area (Å²) in [6.07, 6.45) is -11.7. The van der Waals surface area contributed by atoms with E-state index in [9.17, 15) is 43.9 Å². The number of benzene rings is 4. The van der Waals surface area contributed by atoms with Crippen LogP contribution in [0.5, 0.6) is 11.5 Å². The van der Waals surface area contributed by atoms with Gasteiger partial charge in [-0.25, -0.2) is 0 Å². The Hall–Kier alpha value is -4.82. The van der Waals surface area contributed by atoms with E-state index < -0.39 is 58.1 Å². The lowest BCUT2D eigenvalue weighted by Gasteiger charge is -2.22. The first-order chi connectivity index (χ1) is 19.7. The molecule has 0 radical (unpaired) electrons. The Morgan fingerprint density at radius 2 is 0.674 bits per heavy atom. The highest BCUT2D eigenvalue weighted by molar-refractivity contribution is 5.88. The largest absolute Gasteiger partial charge is 0.458 e. The van der Waals surface area contributed by atoms with Crippen LogP contribution < -0.4 is 27.7 Å². The van der Waals surface area contributed by atoms with E-state index in [0.29, 0.717) is 35.4 Å². The van der Waals surface area contributed by atoms with Gasteiger partial charge in [-0.05, 0) is 59.7 Å². The van der Waals surface area contributed by atoms with Crippen LogP contribution in [0.2, 0.25) is 0 Å². The molecule has 228 valence electrons. The number of nitrogen functional groups attached to an aromatic ring is 4. The van der Waals surface area contributed by atoms with Gasteiger partial charge in [0.05, 0.1) is 0 Å². The maximum atomic E-state index is 13.7. The van der Waals surface area contributed by atoms with Crippen LogP contribution in [-0.4, -0.2) is 12.4 Å². The minimum atomic E-state index is -5.84. The average Bonchev–Trinajstić information content (AvgIpc) is 2.88. The standard InChI is InChI=1S/C28H20F10N4O/c29-25(30,27(33,34)35)15-9-19(39)23(20(40)10-15)13-1-5-17(6-2-13)43-18-7-3-14(4-8-18)24-21(41)11-16(12-22(24)42)26(31,32)28(36,37)38/h1-12H,39-42H2. The smallest absolute Gasteiger partial charge is 0.457 e. The third-order valence-corrected chi connectivity index (χ3v) is 6.36. The Morgan fingerprint density at radius 3 is 0.907 bits per heavy atom. The molecule has 0 unspecified atom stereocenters. The first-order valence-electron chi connectivity index (χ1n) is 11.9.